The average molecular weight is 776 g/mol. The Hall–Kier alpha value is -3.61. The highest BCUT2D eigenvalue weighted by Crippen LogP contribution is 2.46. The molecular formula is C35H57NO16Si. The molecule has 2 fully saturated rings. The molecule has 17 nitrogen and oxygen atoms in total. The van der Waals surface area contributed by atoms with Crippen LogP contribution in [0.4, 0.5) is 0 Å². The van der Waals surface area contributed by atoms with E-state index in [1.54, 1.807) is 0 Å². The largest absolute Gasteiger partial charge is 0.467 e. The van der Waals surface area contributed by atoms with E-state index in [1.165, 1.54) is 6.92 Å². The van der Waals surface area contributed by atoms with Crippen molar-refractivity contribution >= 4 is 50.0 Å². The molecule has 0 saturated carbocycles. The Morgan fingerprint density at radius 3 is 1.49 bits per heavy atom. The molecule has 0 bridgehead atoms. The molecule has 302 valence electrons. The number of methoxy groups -OCH3 is 1. The zero-order chi connectivity index (χ0) is 40.5. The van der Waals surface area contributed by atoms with E-state index in [1.807, 2.05) is 41.5 Å². The van der Waals surface area contributed by atoms with Crippen molar-refractivity contribution in [1.29, 1.82) is 0 Å². The number of carbonyl (C=O) groups is 7. The highest BCUT2D eigenvalue weighted by molar-refractivity contribution is 6.77. The topological polar surface area (TPSA) is 215 Å². The van der Waals surface area contributed by atoms with E-state index in [0.717, 1.165) is 41.7 Å². The first-order valence-electron chi connectivity index (χ1n) is 17.7. The third-order valence-electron chi connectivity index (χ3n) is 9.48. The van der Waals surface area contributed by atoms with Gasteiger partial charge in [-0.05, 0) is 23.0 Å². The van der Waals surface area contributed by atoms with Crippen LogP contribution in [0, 0.1) is 5.92 Å². The molecule has 18 heteroatoms. The molecule has 0 aromatic rings. The molecule has 2 aliphatic heterocycles. The quantitative estimate of drug-likeness (QED) is 0.144. The Bertz CT molecular complexity index is 1310. The number of rotatable bonds is 15. The zero-order valence-corrected chi connectivity index (χ0v) is 34.0. The zero-order valence-electron chi connectivity index (χ0n) is 33.0. The van der Waals surface area contributed by atoms with Crippen molar-refractivity contribution in [2.45, 2.75) is 161 Å². The molecule has 2 aliphatic rings. The number of hydrogen-bond acceptors (Lipinski definition) is 16. The summed E-state index contributed by atoms with van der Waals surface area (Å²) in [6.45, 7) is 18.6. The third-order valence-corrected chi connectivity index (χ3v) is 15.5. The van der Waals surface area contributed by atoms with Crippen LogP contribution in [0.3, 0.4) is 0 Å². The Labute approximate surface area is 311 Å². The van der Waals surface area contributed by atoms with Crippen LogP contribution in [-0.2, 0) is 75.9 Å². The van der Waals surface area contributed by atoms with Crippen molar-refractivity contribution < 1.29 is 75.9 Å². The second-order valence-electron chi connectivity index (χ2n) is 14.3. The van der Waals surface area contributed by atoms with Gasteiger partial charge in [0.1, 0.15) is 18.8 Å². The Morgan fingerprint density at radius 2 is 1.08 bits per heavy atom. The molecule has 2 heterocycles. The molecule has 0 unspecified atom stereocenters. The van der Waals surface area contributed by atoms with E-state index in [-0.39, 0.29) is 23.0 Å². The summed E-state index contributed by atoms with van der Waals surface area (Å²) >= 11 is 0. The lowest BCUT2D eigenvalue weighted by molar-refractivity contribution is -0.267. The van der Waals surface area contributed by atoms with E-state index < -0.39 is 118 Å². The summed E-state index contributed by atoms with van der Waals surface area (Å²) in [7, 11) is -1.70. The summed E-state index contributed by atoms with van der Waals surface area (Å²) in [5, 5.41) is 2.88. The summed E-state index contributed by atoms with van der Waals surface area (Å²) in [4.78, 5) is 88.2. The normalized spacial score (nSPS) is 28.8. The molecule has 0 radical (unpaired) electrons. The van der Waals surface area contributed by atoms with Gasteiger partial charge in [-0.3, -0.25) is 28.8 Å². The Kier molecular flexibility index (Phi) is 16.9. The number of nitrogens with one attached hydrogen (secondary N) is 1. The summed E-state index contributed by atoms with van der Waals surface area (Å²) in [6, 6.07) is -1.12. The fourth-order valence-corrected chi connectivity index (χ4v) is 13.2. The van der Waals surface area contributed by atoms with Gasteiger partial charge in [-0.2, -0.15) is 0 Å². The van der Waals surface area contributed by atoms with Gasteiger partial charge in [0.05, 0.1) is 19.3 Å². The molecule has 10 atom stereocenters. The first-order chi connectivity index (χ1) is 24.6. The third kappa shape index (κ3) is 11.7. The number of amides is 1. The van der Waals surface area contributed by atoms with Gasteiger partial charge in [0.15, 0.2) is 30.7 Å². The molecule has 53 heavy (non-hydrogen) atoms. The van der Waals surface area contributed by atoms with Crippen LogP contribution in [0.15, 0.2) is 0 Å². The maximum absolute atomic E-state index is 13.4. The molecule has 0 spiro atoms. The van der Waals surface area contributed by atoms with Crippen molar-refractivity contribution in [3.63, 3.8) is 0 Å². The van der Waals surface area contributed by atoms with Crippen LogP contribution in [0.1, 0.15) is 89.5 Å². The second kappa shape index (κ2) is 19.6. The van der Waals surface area contributed by atoms with Crippen molar-refractivity contribution in [1.82, 2.24) is 5.32 Å². The van der Waals surface area contributed by atoms with Crippen molar-refractivity contribution in [3.8, 4) is 0 Å². The number of hydrogen-bond donors (Lipinski definition) is 1. The van der Waals surface area contributed by atoms with Crippen molar-refractivity contribution in [3.05, 3.63) is 0 Å². The van der Waals surface area contributed by atoms with Gasteiger partial charge < -0.3 is 47.6 Å². The predicted octanol–water partition coefficient (Wildman–Crippen LogP) is 2.64. The molecule has 0 aromatic heterocycles. The van der Waals surface area contributed by atoms with Crippen LogP contribution in [-0.4, -0.2) is 119 Å². The standard InChI is InChI=1S/C35H57NO16Si/c1-16(2)53(17(3)4,18(5)6)52-35-28(36-19(7)37)25(29(46-21(9)39)33(51-35)34(43)44-13)14-26-30(47-22(10)40)32(49-24(12)42)31(48-23(11)41)27(50-26)15-45-20(8)38/h16-18,25-33,35H,14-15H2,1-13H3,(H,36,37)/t25-,26-,27-,28-,29-,30-,31-,32-,33+,35+/m1/s1. The Balaban J connectivity index is 2.93. The van der Waals surface area contributed by atoms with Crippen LogP contribution in [0.5, 0.6) is 0 Å². The molecule has 2 rings (SSSR count). The molecular weight excluding hydrogens is 718 g/mol. The summed E-state index contributed by atoms with van der Waals surface area (Å²) < 4.78 is 52.6. The van der Waals surface area contributed by atoms with Crippen LogP contribution < -0.4 is 5.32 Å². The van der Waals surface area contributed by atoms with Gasteiger partial charge in [-0.15, -0.1) is 0 Å². The van der Waals surface area contributed by atoms with Gasteiger partial charge in [0.2, 0.25) is 14.2 Å². The maximum Gasteiger partial charge on any atom is 0.339 e. The summed E-state index contributed by atoms with van der Waals surface area (Å²) in [6.07, 6.45) is -11.5. The molecule has 0 aromatic carbocycles. The lowest BCUT2D eigenvalue weighted by Gasteiger charge is -2.52. The van der Waals surface area contributed by atoms with Gasteiger partial charge in [0, 0.05) is 47.5 Å². The fourth-order valence-electron chi connectivity index (χ4n) is 7.76. The summed E-state index contributed by atoms with van der Waals surface area (Å²) in [5.74, 6) is -6.45. The van der Waals surface area contributed by atoms with E-state index in [2.05, 4.69) is 5.32 Å². The SMILES string of the molecule is COC(=O)[C@H]1O[C@@H](O[Si](C(C)C)(C(C)C)C(C)C)[C@H](NC(C)=O)[C@@H](C[C@H]2O[C@H](COC(C)=O)[C@@H](OC(C)=O)[C@H](OC(C)=O)[C@@H]2OC(C)=O)[C@H]1OC(C)=O. The van der Waals surface area contributed by atoms with Crippen LogP contribution in [0.2, 0.25) is 16.6 Å². The first-order valence-corrected chi connectivity index (χ1v) is 19.9. The molecule has 0 aliphatic carbocycles. The smallest absolute Gasteiger partial charge is 0.339 e. The van der Waals surface area contributed by atoms with E-state index in [9.17, 15) is 33.6 Å². The predicted molar refractivity (Wildman–Crippen MR) is 186 cm³/mol. The van der Waals surface area contributed by atoms with Crippen LogP contribution in [0.25, 0.3) is 0 Å². The van der Waals surface area contributed by atoms with E-state index in [4.69, 9.17) is 42.3 Å². The highest BCUT2D eigenvalue weighted by atomic mass is 28.4. The Morgan fingerprint density at radius 1 is 0.623 bits per heavy atom. The minimum atomic E-state index is -2.83. The molecule has 1 amide bonds. The minimum Gasteiger partial charge on any atom is -0.467 e. The summed E-state index contributed by atoms with van der Waals surface area (Å²) in [5.41, 5.74) is 0.0974. The number of ether oxygens (including phenoxy) is 8. The van der Waals surface area contributed by atoms with Gasteiger partial charge in [0.25, 0.3) is 0 Å². The van der Waals surface area contributed by atoms with Crippen molar-refractivity contribution in [2.75, 3.05) is 13.7 Å². The van der Waals surface area contributed by atoms with E-state index >= 15 is 0 Å². The number of carbonyl (C=O) groups excluding carboxylic acids is 7. The van der Waals surface area contributed by atoms with Gasteiger partial charge >= 0.3 is 35.8 Å². The van der Waals surface area contributed by atoms with E-state index in [0.29, 0.717) is 0 Å². The monoisotopic (exact) mass is 775 g/mol. The minimum absolute atomic E-state index is 0.0325. The lowest BCUT2D eigenvalue weighted by Crippen LogP contribution is -2.68. The fraction of sp³-hybridized carbons (Fsp3) is 0.800. The number of esters is 6. The molecule has 2 saturated heterocycles. The van der Waals surface area contributed by atoms with Gasteiger partial charge in [-0.1, -0.05) is 41.5 Å². The average Bonchev–Trinajstić information content (AvgIpc) is 3.01. The van der Waals surface area contributed by atoms with Crippen LogP contribution >= 0.6 is 0 Å². The second-order valence-corrected chi connectivity index (χ2v) is 19.7. The molecule has 1 N–H and O–H groups in total. The maximum atomic E-state index is 13.4. The highest BCUT2D eigenvalue weighted by Gasteiger charge is 2.59. The first kappa shape index (κ1) is 45.5. The lowest BCUT2D eigenvalue weighted by atomic mass is 9.79. The van der Waals surface area contributed by atoms with Gasteiger partial charge in [-0.25, -0.2) is 4.79 Å². The van der Waals surface area contributed by atoms with Crippen molar-refractivity contribution in [2.24, 2.45) is 5.92 Å².